The van der Waals surface area contributed by atoms with E-state index in [0.29, 0.717) is 15.9 Å². The molecule has 7 heteroatoms. The maximum Gasteiger partial charge on any atom is 0.304 e. The number of anilines is 1. The SMILES string of the molecule is CC(O)c1cc([N+](=O)[O-])c(N2CCC(N3CCCC3)C2)s1. The average Bonchev–Trinajstić information content (AvgIpc) is 3.17. The van der Waals surface area contributed by atoms with Crippen LogP contribution in [0, 0.1) is 10.1 Å². The molecule has 0 aliphatic carbocycles. The van der Waals surface area contributed by atoms with Gasteiger partial charge in [-0.15, -0.1) is 11.3 Å². The highest BCUT2D eigenvalue weighted by molar-refractivity contribution is 7.16. The summed E-state index contributed by atoms with van der Waals surface area (Å²) in [5.41, 5.74) is 0.137. The Balaban J connectivity index is 1.78. The van der Waals surface area contributed by atoms with E-state index >= 15 is 0 Å². The lowest BCUT2D eigenvalue weighted by Crippen LogP contribution is -2.35. The van der Waals surface area contributed by atoms with Crippen molar-refractivity contribution in [2.45, 2.75) is 38.3 Å². The smallest absolute Gasteiger partial charge is 0.304 e. The highest BCUT2D eigenvalue weighted by atomic mass is 32.1. The van der Waals surface area contributed by atoms with Gasteiger partial charge in [-0.25, -0.2) is 0 Å². The lowest BCUT2D eigenvalue weighted by molar-refractivity contribution is -0.383. The van der Waals surface area contributed by atoms with E-state index in [2.05, 4.69) is 9.80 Å². The van der Waals surface area contributed by atoms with Crippen molar-refractivity contribution >= 4 is 22.0 Å². The first-order valence-electron chi connectivity index (χ1n) is 7.51. The maximum atomic E-state index is 11.2. The van der Waals surface area contributed by atoms with Gasteiger partial charge < -0.3 is 10.0 Å². The van der Waals surface area contributed by atoms with Crippen LogP contribution in [0.25, 0.3) is 0 Å². The molecule has 2 aliphatic rings. The molecule has 0 aromatic carbocycles. The summed E-state index contributed by atoms with van der Waals surface area (Å²) in [5.74, 6) is 0. The van der Waals surface area contributed by atoms with Crippen molar-refractivity contribution in [1.29, 1.82) is 0 Å². The van der Waals surface area contributed by atoms with Gasteiger partial charge in [0.25, 0.3) is 0 Å². The molecule has 0 saturated carbocycles. The Kier molecular flexibility index (Phi) is 4.14. The van der Waals surface area contributed by atoms with Crippen molar-refractivity contribution in [3.8, 4) is 0 Å². The van der Waals surface area contributed by atoms with Gasteiger partial charge in [0.05, 0.1) is 11.0 Å². The summed E-state index contributed by atoms with van der Waals surface area (Å²) >= 11 is 1.35. The van der Waals surface area contributed by atoms with Gasteiger partial charge in [0, 0.05) is 30.1 Å². The van der Waals surface area contributed by atoms with Crippen molar-refractivity contribution < 1.29 is 10.0 Å². The Hall–Kier alpha value is -1.18. The van der Waals surface area contributed by atoms with Gasteiger partial charge in [0.15, 0.2) is 5.00 Å². The molecule has 2 atom stereocenters. The van der Waals surface area contributed by atoms with Gasteiger partial charge >= 0.3 is 5.69 Å². The number of hydrogen-bond donors (Lipinski definition) is 1. The fourth-order valence-electron chi connectivity index (χ4n) is 3.28. The molecule has 0 spiro atoms. The van der Waals surface area contributed by atoms with Crippen LogP contribution in [0.1, 0.15) is 37.2 Å². The molecule has 0 bridgehead atoms. The molecule has 1 N–H and O–H groups in total. The van der Waals surface area contributed by atoms with Gasteiger partial charge in [0.2, 0.25) is 0 Å². The topological polar surface area (TPSA) is 69.8 Å². The fraction of sp³-hybridized carbons (Fsp3) is 0.714. The molecule has 3 rings (SSSR count). The van der Waals surface area contributed by atoms with Gasteiger partial charge in [-0.2, -0.15) is 0 Å². The Labute approximate surface area is 128 Å². The van der Waals surface area contributed by atoms with E-state index in [9.17, 15) is 15.2 Å². The Morgan fingerprint density at radius 1 is 1.43 bits per heavy atom. The first-order chi connectivity index (χ1) is 10.1. The van der Waals surface area contributed by atoms with Crippen LogP contribution in [0.15, 0.2) is 6.07 Å². The minimum Gasteiger partial charge on any atom is -0.388 e. The Morgan fingerprint density at radius 3 is 2.76 bits per heavy atom. The van der Waals surface area contributed by atoms with Crippen LogP contribution in [-0.2, 0) is 0 Å². The van der Waals surface area contributed by atoms with E-state index in [1.165, 1.54) is 30.2 Å². The highest BCUT2D eigenvalue weighted by Crippen LogP contribution is 2.41. The minimum absolute atomic E-state index is 0.137. The number of aliphatic hydroxyl groups excluding tert-OH is 1. The molecule has 0 radical (unpaired) electrons. The van der Waals surface area contributed by atoms with Gasteiger partial charge in [-0.05, 0) is 39.3 Å². The molecular formula is C14H21N3O3S. The van der Waals surface area contributed by atoms with Crippen LogP contribution in [-0.4, -0.2) is 47.2 Å². The number of nitro groups is 1. The van der Waals surface area contributed by atoms with E-state index in [0.717, 1.165) is 32.6 Å². The van der Waals surface area contributed by atoms with Crippen LogP contribution in [0.4, 0.5) is 10.7 Å². The first-order valence-corrected chi connectivity index (χ1v) is 8.33. The average molecular weight is 311 g/mol. The second-order valence-electron chi connectivity index (χ2n) is 5.90. The number of aliphatic hydroxyl groups is 1. The van der Waals surface area contributed by atoms with Gasteiger partial charge in [-0.1, -0.05) is 0 Å². The molecular weight excluding hydrogens is 290 g/mol. The highest BCUT2D eigenvalue weighted by Gasteiger charge is 2.33. The molecule has 1 aromatic rings. The largest absolute Gasteiger partial charge is 0.388 e. The van der Waals surface area contributed by atoms with Crippen LogP contribution >= 0.6 is 11.3 Å². The second kappa shape index (κ2) is 5.90. The zero-order valence-corrected chi connectivity index (χ0v) is 13.0. The number of nitrogens with zero attached hydrogens (tertiary/aromatic N) is 3. The molecule has 21 heavy (non-hydrogen) atoms. The van der Waals surface area contributed by atoms with Crippen molar-refractivity contribution in [2.75, 3.05) is 31.1 Å². The third-order valence-electron chi connectivity index (χ3n) is 4.43. The number of rotatable bonds is 4. The molecule has 0 amide bonds. The third-order valence-corrected chi connectivity index (χ3v) is 5.78. The summed E-state index contributed by atoms with van der Waals surface area (Å²) in [4.78, 5) is 16.2. The lowest BCUT2D eigenvalue weighted by Gasteiger charge is -2.23. The molecule has 2 saturated heterocycles. The molecule has 2 fully saturated rings. The third kappa shape index (κ3) is 2.90. The Bertz CT molecular complexity index is 526. The standard InChI is InChI=1S/C14H21N3O3S/c1-10(18)13-8-12(17(19)20)14(21-13)16-7-4-11(9-16)15-5-2-3-6-15/h8,10-11,18H,2-7,9H2,1H3. The molecule has 116 valence electrons. The zero-order valence-electron chi connectivity index (χ0n) is 12.2. The molecule has 3 heterocycles. The summed E-state index contributed by atoms with van der Waals surface area (Å²) < 4.78 is 0. The Morgan fingerprint density at radius 2 is 2.14 bits per heavy atom. The minimum atomic E-state index is -0.653. The van der Waals surface area contributed by atoms with E-state index in [4.69, 9.17) is 0 Å². The predicted octanol–water partition coefficient (Wildman–Crippen LogP) is 2.38. The first kappa shape index (κ1) is 14.7. The number of thiophene rings is 1. The fourth-order valence-corrected chi connectivity index (χ4v) is 4.38. The normalized spacial score (nSPS) is 24.7. The van der Waals surface area contributed by atoms with E-state index in [1.807, 2.05) is 0 Å². The predicted molar refractivity (Wildman–Crippen MR) is 83.0 cm³/mol. The molecule has 6 nitrogen and oxygen atoms in total. The van der Waals surface area contributed by atoms with Gasteiger partial charge in [-0.3, -0.25) is 15.0 Å². The number of hydrogen-bond acceptors (Lipinski definition) is 6. The summed E-state index contributed by atoms with van der Waals surface area (Å²) in [7, 11) is 0. The monoisotopic (exact) mass is 311 g/mol. The van der Waals surface area contributed by atoms with Crippen molar-refractivity contribution in [3.63, 3.8) is 0 Å². The zero-order chi connectivity index (χ0) is 15.0. The van der Waals surface area contributed by atoms with Crippen LogP contribution in [0.3, 0.4) is 0 Å². The second-order valence-corrected chi connectivity index (χ2v) is 6.97. The van der Waals surface area contributed by atoms with Crippen molar-refractivity contribution in [1.82, 2.24) is 4.90 Å². The van der Waals surface area contributed by atoms with Crippen molar-refractivity contribution in [3.05, 3.63) is 21.1 Å². The molecule has 2 unspecified atom stereocenters. The maximum absolute atomic E-state index is 11.2. The summed E-state index contributed by atoms with van der Waals surface area (Å²) in [6, 6.07) is 2.04. The molecule has 1 aromatic heterocycles. The van der Waals surface area contributed by atoms with Gasteiger partial charge in [0.1, 0.15) is 0 Å². The molecule has 2 aliphatic heterocycles. The van der Waals surface area contributed by atoms with Crippen LogP contribution < -0.4 is 4.90 Å². The number of likely N-dealkylation sites (tertiary alicyclic amines) is 1. The summed E-state index contributed by atoms with van der Waals surface area (Å²) in [6.07, 6.45) is 2.95. The van der Waals surface area contributed by atoms with E-state index in [-0.39, 0.29) is 10.6 Å². The van der Waals surface area contributed by atoms with E-state index in [1.54, 1.807) is 6.92 Å². The van der Waals surface area contributed by atoms with Crippen LogP contribution in [0.2, 0.25) is 0 Å². The van der Waals surface area contributed by atoms with Crippen LogP contribution in [0.5, 0.6) is 0 Å². The summed E-state index contributed by atoms with van der Waals surface area (Å²) in [6.45, 7) is 5.69. The lowest BCUT2D eigenvalue weighted by atomic mass is 10.2. The van der Waals surface area contributed by atoms with E-state index < -0.39 is 6.10 Å². The van der Waals surface area contributed by atoms with Crippen molar-refractivity contribution in [2.24, 2.45) is 0 Å². The summed E-state index contributed by atoms with van der Waals surface area (Å²) in [5, 5.41) is 21.6. The quantitative estimate of drug-likeness (QED) is 0.683.